The van der Waals surface area contributed by atoms with Crippen LogP contribution in [0.3, 0.4) is 0 Å². The Kier molecular flexibility index (Phi) is 2.78. The van der Waals surface area contributed by atoms with Gasteiger partial charge in [-0.25, -0.2) is 4.39 Å². The van der Waals surface area contributed by atoms with Crippen molar-refractivity contribution in [3.63, 3.8) is 0 Å². The molecule has 1 fully saturated rings. The molecule has 0 aromatic heterocycles. The lowest BCUT2D eigenvalue weighted by atomic mass is 10.2. The van der Waals surface area contributed by atoms with Crippen LogP contribution in [0.25, 0.3) is 0 Å². The maximum atomic E-state index is 12.8. The Morgan fingerprint density at radius 2 is 2.27 bits per heavy atom. The molecule has 1 rings (SSSR count). The molecule has 0 aliphatic carbocycles. The molecule has 66 valence electrons. The fourth-order valence-corrected chi connectivity index (χ4v) is 1.03. The van der Waals surface area contributed by atoms with E-state index in [-0.39, 0.29) is 0 Å². The van der Waals surface area contributed by atoms with Gasteiger partial charge in [0.15, 0.2) is 12.5 Å². The molecule has 4 unspecified atom stereocenters. The van der Waals surface area contributed by atoms with E-state index in [0.717, 1.165) is 0 Å². The fourth-order valence-electron chi connectivity index (χ4n) is 1.03. The van der Waals surface area contributed by atoms with Crippen molar-refractivity contribution in [2.45, 2.75) is 24.7 Å². The van der Waals surface area contributed by atoms with Crippen molar-refractivity contribution >= 4 is 0 Å². The number of alkyl halides is 1. The number of aliphatic hydroxyl groups is 2. The highest BCUT2D eigenvalue weighted by Crippen LogP contribution is 2.23. The van der Waals surface area contributed by atoms with Crippen LogP contribution in [0.4, 0.5) is 4.39 Å². The lowest BCUT2D eigenvalue weighted by molar-refractivity contribution is -0.141. The normalized spacial score (nSPS) is 44.7. The van der Waals surface area contributed by atoms with Crippen LogP contribution in [0, 0.1) is 0 Å². The van der Waals surface area contributed by atoms with Crippen molar-refractivity contribution in [2.24, 2.45) is 0 Å². The summed E-state index contributed by atoms with van der Waals surface area (Å²) in [4.78, 5) is 0. The summed E-state index contributed by atoms with van der Waals surface area (Å²) in [6.07, 6.45) is -4.78. The molecule has 4 atom stereocenters. The largest absolute Gasteiger partial charge is 0.394 e. The number of ether oxygens (including phenoxy) is 2. The predicted octanol–water partition coefficient (Wildman–Crippen LogP) is -0.951. The third kappa shape index (κ3) is 1.51. The molecule has 0 aromatic rings. The van der Waals surface area contributed by atoms with Gasteiger partial charge in [-0.15, -0.1) is 0 Å². The minimum Gasteiger partial charge on any atom is -0.394 e. The molecule has 1 aliphatic rings. The fraction of sp³-hybridized carbons (Fsp3) is 1.00. The van der Waals surface area contributed by atoms with E-state index in [2.05, 4.69) is 4.74 Å². The third-order valence-electron chi connectivity index (χ3n) is 1.69. The molecule has 4 nitrogen and oxygen atoms in total. The number of halogens is 1. The molecule has 0 bridgehead atoms. The average Bonchev–Trinajstić information content (AvgIpc) is 2.30. The predicted molar refractivity (Wildman–Crippen MR) is 33.7 cm³/mol. The van der Waals surface area contributed by atoms with Crippen molar-refractivity contribution in [1.82, 2.24) is 0 Å². The maximum Gasteiger partial charge on any atom is 0.191 e. The van der Waals surface area contributed by atoms with Crippen molar-refractivity contribution < 1.29 is 24.1 Å². The van der Waals surface area contributed by atoms with Crippen LogP contribution in [0.2, 0.25) is 0 Å². The second-order valence-electron chi connectivity index (χ2n) is 2.40. The molecule has 0 amide bonds. The van der Waals surface area contributed by atoms with E-state index in [0.29, 0.717) is 0 Å². The average molecular weight is 166 g/mol. The minimum atomic E-state index is -1.57. The highest BCUT2D eigenvalue weighted by Gasteiger charge is 2.43. The van der Waals surface area contributed by atoms with Crippen LogP contribution >= 0.6 is 0 Å². The van der Waals surface area contributed by atoms with Crippen molar-refractivity contribution in [3.8, 4) is 0 Å². The molecule has 2 N–H and O–H groups in total. The van der Waals surface area contributed by atoms with Gasteiger partial charge in [-0.1, -0.05) is 0 Å². The van der Waals surface area contributed by atoms with Gasteiger partial charge in [-0.3, -0.25) is 0 Å². The van der Waals surface area contributed by atoms with Gasteiger partial charge in [0.2, 0.25) is 0 Å². The van der Waals surface area contributed by atoms with E-state index in [1.807, 2.05) is 0 Å². The van der Waals surface area contributed by atoms with Crippen LogP contribution < -0.4 is 0 Å². The van der Waals surface area contributed by atoms with E-state index in [9.17, 15) is 4.39 Å². The summed E-state index contributed by atoms with van der Waals surface area (Å²) < 4.78 is 22.2. The molecule has 1 saturated heterocycles. The standard InChI is InChI=1S/C6H11FO4/c1-10-6-4(7)5(9)3(2-8)11-6/h3-6,8-9H,2H2,1H3. The highest BCUT2D eigenvalue weighted by molar-refractivity contribution is 4.86. The van der Waals surface area contributed by atoms with Gasteiger partial charge in [0.1, 0.15) is 12.2 Å². The molecule has 11 heavy (non-hydrogen) atoms. The topological polar surface area (TPSA) is 58.9 Å². The zero-order valence-corrected chi connectivity index (χ0v) is 6.11. The summed E-state index contributed by atoms with van der Waals surface area (Å²) >= 11 is 0. The van der Waals surface area contributed by atoms with Crippen molar-refractivity contribution in [3.05, 3.63) is 0 Å². The number of rotatable bonds is 2. The first-order valence-electron chi connectivity index (χ1n) is 3.32. The number of methoxy groups -OCH3 is 1. The summed E-state index contributed by atoms with van der Waals surface area (Å²) in [6, 6.07) is 0. The van der Waals surface area contributed by atoms with Crippen LogP contribution in [0.1, 0.15) is 0 Å². The molecule has 0 aromatic carbocycles. The number of aliphatic hydroxyl groups excluding tert-OH is 2. The second-order valence-corrected chi connectivity index (χ2v) is 2.40. The Morgan fingerprint density at radius 3 is 2.55 bits per heavy atom. The highest BCUT2D eigenvalue weighted by atomic mass is 19.1. The Labute approximate surface area is 63.5 Å². The SMILES string of the molecule is COC1OC(CO)C(O)C1F. The summed E-state index contributed by atoms with van der Waals surface area (Å²) in [5.74, 6) is 0. The Hall–Kier alpha value is -0.230. The molecule has 1 heterocycles. The first-order valence-corrected chi connectivity index (χ1v) is 3.32. The first-order chi connectivity index (χ1) is 5.20. The monoisotopic (exact) mass is 166 g/mol. The van der Waals surface area contributed by atoms with Gasteiger partial charge in [0, 0.05) is 7.11 Å². The zero-order valence-electron chi connectivity index (χ0n) is 6.11. The molecule has 1 aliphatic heterocycles. The van der Waals surface area contributed by atoms with E-state index >= 15 is 0 Å². The van der Waals surface area contributed by atoms with Gasteiger partial charge < -0.3 is 19.7 Å². The number of hydrogen-bond donors (Lipinski definition) is 2. The molecule has 0 spiro atoms. The lowest BCUT2D eigenvalue weighted by Crippen LogP contribution is -2.31. The van der Waals surface area contributed by atoms with E-state index in [4.69, 9.17) is 14.9 Å². The van der Waals surface area contributed by atoms with Gasteiger partial charge in [0.05, 0.1) is 6.61 Å². The molecule has 5 heteroatoms. The molecular weight excluding hydrogens is 155 g/mol. The van der Waals surface area contributed by atoms with Gasteiger partial charge in [-0.2, -0.15) is 0 Å². The second kappa shape index (κ2) is 3.44. The van der Waals surface area contributed by atoms with Gasteiger partial charge in [-0.05, 0) is 0 Å². The van der Waals surface area contributed by atoms with E-state index in [1.54, 1.807) is 0 Å². The Balaban J connectivity index is 2.53. The van der Waals surface area contributed by atoms with Crippen LogP contribution in [-0.2, 0) is 9.47 Å². The van der Waals surface area contributed by atoms with Crippen molar-refractivity contribution in [1.29, 1.82) is 0 Å². The molecule has 0 radical (unpaired) electrons. The van der Waals surface area contributed by atoms with Crippen LogP contribution in [-0.4, -0.2) is 48.6 Å². The van der Waals surface area contributed by atoms with Gasteiger partial charge in [0.25, 0.3) is 0 Å². The van der Waals surface area contributed by atoms with Gasteiger partial charge >= 0.3 is 0 Å². The molecular formula is C6H11FO4. The van der Waals surface area contributed by atoms with Crippen LogP contribution in [0.5, 0.6) is 0 Å². The molecule has 0 saturated carbocycles. The summed E-state index contributed by atoms with van der Waals surface area (Å²) in [5.41, 5.74) is 0. The maximum absolute atomic E-state index is 12.8. The smallest absolute Gasteiger partial charge is 0.191 e. The Bertz CT molecular complexity index is 114. The summed E-state index contributed by atoms with van der Waals surface area (Å²) in [5, 5.41) is 17.6. The van der Waals surface area contributed by atoms with Crippen LogP contribution in [0.15, 0.2) is 0 Å². The van der Waals surface area contributed by atoms with E-state index in [1.165, 1.54) is 7.11 Å². The first kappa shape index (κ1) is 8.86. The van der Waals surface area contributed by atoms with E-state index < -0.39 is 31.3 Å². The summed E-state index contributed by atoms with van der Waals surface area (Å²) in [6.45, 7) is -0.401. The zero-order chi connectivity index (χ0) is 8.43. The quantitative estimate of drug-likeness (QED) is 0.555. The summed E-state index contributed by atoms with van der Waals surface area (Å²) in [7, 11) is 1.28. The minimum absolute atomic E-state index is 0.401. The lowest BCUT2D eigenvalue weighted by Gasteiger charge is -2.09. The van der Waals surface area contributed by atoms with Crippen molar-refractivity contribution in [2.75, 3.05) is 13.7 Å². The third-order valence-corrected chi connectivity index (χ3v) is 1.69. The number of hydrogen-bond acceptors (Lipinski definition) is 4. The Morgan fingerprint density at radius 1 is 1.64 bits per heavy atom.